The number of hydrogen-bond donors (Lipinski definition) is 1. The number of benzene rings is 1. The van der Waals surface area contributed by atoms with Gasteiger partial charge in [0.1, 0.15) is 0 Å². The summed E-state index contributed by atoms with van der Waals surface area (Å²) in [6, 6.07) is 11.8. The van der Waals surface area contributed by atoms with Gasteiger partial charge in [-0.25, -0.2) is 0 Å². The van der Waals surface area contributed by atoms with Crippen molar-refractivity contribution in [2.75, 3.05) is 0 Å². The highest BCUT2D eigenvalue weighted by atomic mass is 16.1. The topological polar surface area (TPSA) is 42.0 Å². The first-order valence-corrected chi connectivity index (χ1v) is 7.19. The fourth-order valence-corrected chi connectivity index (χ4v) is 2.14. The van der Waals surface area contributed by atoms with Gasteiger partial charge in [-0.15, -0.1) is 0 Å². The number of carbonyl (C=O) groups excluding carboxylic acids is 1. The Bertz CT molecular complexity index is 597. The first-order valence-electron chi connectivity index (χ1n) is 7.19. The molecule has 1 atom stereocenters. The van der Waals surface area contributed by atoms with E-state index in [1.807, 2.05) is 6.92 Å². The Morgan fingerprint density at radius 2 is 1.62 bits per heavy atom. The predicted octanol–water partition coefficient (Wildman–Crippen LogP) is 3.87. The lowest BCUT2D eigenvalue weighted by Crippen LogP contribution is -2.26. The SMILES string of the molecule is C[C@H](NC(=O)c1ccncc1)c1ccc(C(C)(C)C)cc1. The minimum atomic E-state index is -0.0789. The van der Waals surface area contributed by atoms with Crippen molar-refractivity contribution in [3.05, 3.63) is 65.5 Å². The molecular formula is C18H22N2O. The third-order valence-corrected chi connectivity index (χ3v) is 3.57. The van der Waals surface area contributed by atoms with Crippen LogP contribution < -0.4 is 5.32 Å². The first-order chi connectivity index (χ1) is 9.88. The van der Waals surface area contributed by atoms with E-state index in [0.29, 0.717) is 5.56 Å². The highest BCUT2D eigenvalue weighted by Crippen LogP contribution is 2.24. The van der Waals surface area contributed by atoms with E-state index in [2.05, 4.69) is 55.3 Å². The average molecular weight is 282 g/mol. The Labute approximate surface area is 126 Å². The van der Waals surface area contributed by atoms with Gasteiger partial charge in [-0.1, -0.05) is 45.0 Å². The molecule has 0 radical (unpaired) electrons. The molecule has 1 aromatic carbocycles. The summed E-state index contributed by atoms with van der Waals surface area (Å²) in [5.74, 6) is -0.0789. The van der Waals surface area contributed by atoms with Crippen LogP contribution in [0.2, 0.25) is 0 Å². The fraction of sp³-hybridized carbons (Fsp3) is 0.333. The third kappa shape index (κ3) is 3.91. The number of nitrogens with zero attached hydrogens (tertiary/aromatic N) is 1. The van der Waals surface area contributed by atoms with Crippen LogP contribution in [0.4, 0.5) is 0 Å². The zero-order valence-corrected chi connectivity index (χ0v) is 13.1. The quantitative estimate of drug-likeness (QED) is 0.928. The van der Waals surface area contributed by atoms with Gasteiger partial charge in [0.15, 0.2) is 0 Å². The molecule has 0 spiro atoms. The van der Waals surface area contributed by atoms with Gasteiger partial charge in [0.25, 0.3) is 5.91 Å². The second-order valence-corrected chi connectivity index (χ2v) is 6.30. The smallest absolute Gasteiger partial charge is 0.251 e. The standard InChI is InChI=1S/C18H22N2O/c1-13(20-17(21)15-9-11-19-12-10-15)14-5-7-16(8-6-14)18(2,3)4/h5-13H,1-4H3,(H,20,21)/t13-/m0/s1. The molecule has 21 heavy (non-hydrogen) atoms. The number of amides is 1. The van der Waals surface area contributed by atoms with E-state index in [1.165, 1.54) is 5.56 Å². The highest BCUT2D eigenvalue weighted by molar-refractivity contribution is 5.94. The molecule has 0 aliphatic carbocycles. The van der Waals surface area contributed by atoms with Crippen LogP contribution in [-0.2, 0) is 5.41 Å². The summed E-state index contributed by atoms with van der Waals surface area (Å²) in [6.45, 7) is 8.56. The van der Waals surface area contributed by atoms with Crippen molar-refractivity contribution in [3.8, 4) is 0 Å². The van der Waals surface area contributed by atoms with Crippen molar-refractivity contribution in [2.45, 2.75) is 39.2 Å². The summed E-state index contributed by atoms with van der Waals surface area (Å²) < 4.78 is 0. The average Bonchev–Trinajstić information content (AvgIpc) is 2.47. The maximum absolute atomic E-state index is 12.1. The normalized spacial score (nSPS) is 12.8. The molecule has 0 fully saturated rings. The summed E-state index contributed by atoms with van der Waals surface area (Å²) in [4.78, 5) is 16.0. The van der Waals surface area contributed by atoms with Crippen molar-refractivity contribution in [1.82, 2.24) is 10.3 Å². The van der Waals surface area contributed by atoms with Crippen LogP contribution in [0.15, 0.2) is 48.8 Å². The van der Waals surface area contributed by atoms with Gasteiger partial charge in [-0.3, -0.25) is 9.78 Å². The molecule has 3 nitrogen and oxygen atoms in total. The van der Waals surface area contributed by atoms with Crippen LogP contribution in [0.3, 0.4) is 0 Å². The van der Waals surface area contributed by atoms with Gasteiger partial charge < -0.3 is 5.32 Å². The van der Waals surface area contributed by atoms with E-state index >= 15 is 0 Å². The lowest BCUT2D eigenvalue weighted by Gasteiger charge is -2.20. The largest absolute Gasteiger partial charge is 0.346 e. The van der Waals surface area contributed by atoms with Gasteiger partial charge in [0.2, 0.25) is 0 Å². The molecule has 2 aromatic rings. The molecule has 1 aromatic heterocycles. The minimum absolute atomic E-state index is 0.0281. The van der Waals surface area contributed by atoms with Crippen LogP contribution in [0.1, 0.15) is 55.2 Å². The molecule has 2 rings (SSSR count). The van der Waals surface area contributed by atoms with Gasteiger partial charge in [0.05, 0.1) is 6.04 Å². The number of aromatic nitrogens is 1. The molecule has 1 N–H and O–H groups in total. The Kier molecular flexibility index (Phi) is 4.41. The molecule has 1 amide bonds. The molecule has 1 heterocycles. The van der Waals surface area contributed by atoms with Crippen molar-refractivity contribution in [3.63, 3.8) is 0 Å². The van der Waals surface area contributed by atoms with Crippen LogP contribution in [-0.4, -0.2) is 10.9 Å². The van der Waals surface area contributed by atoms with Gasteiger partial charge in [-0.2, -0.15) is 0 Å². The molecule has 0 bridgehead atoms. The van der Waals surface area contributed by atoms with Crippen LogP contribution in [0.5, 0.6) is 0 Å². The van der Waals surface area contributed by atoms with Gasteiger partial charge >= 0.3 is 0 Å². The monoisotopic (exact) mass is 282 g/mol. The maximum Gasteiger partial charge on any atom is 0.251 e. The lowest BCUT2D eigenvalue weighted by atomic mass is 9.86. The number of nitrogens with one attached hydrogen (secondary N) is 1. The fourth-order valence-electron chi connectivity index (χ4n) is 2.14. The molecule has 0 unspecified atom stereocenters. The molecule has 3 heteroatoms. The highest BCUT2D eigenvalue weighted by Gasteiger charge is 2.15. The molecule has 110 valence electrons. The second kappa shape index (κ2) is 6.08. The van der Waals surface area contributed by atoms with Crippen molar-refractivity contribution >= 4 is 5.91 Å². The van der Waals surface area contributed by atoms with E-state index in [9.17, 15) is 4.79 Å². The number of rotatable bonds is 3. The Hall–Kier alpha value is -2.16. The zero-order chi connectivity index (χ0) is 15.5. The third-order valence-electron chi connectivity index (χ3n) is 3.57. The van der Waals surface area contributed by atoms with Crippen molar-refractivity contribution < 1.29 is 4.79 Å². The minimum Gasteiger partial charge on any atom is -0.346 e. The van der Waals surface area contributed by atoms with Crippen molar-refractivity contribution in [2.24, 2.45) is 0 Å². The Balaban J connectivity index is 2.07. The predicted molar refractivity (Wildman–Crippen MR) is 85.3 cm³/mol. The van der Waals surface area contributed by atoms with Crippen LogP contribution >= 0.6 is 0 Å². The Morgan fingerprint density at radius 3 is 2.14 bits per heavy atom. The number of carbonyl (C=O) groups is 1. The molecule has 0 aliphatic heterocycles. The zero-order valence-electron chi connectivity index (χ0n) is 13.1. The number of hydrogen-bond acceptors (Lipinski definition) is 2. The summed E-state index contributed by atoms with van der Waals surface area (Å²) in [6.07, 6.45) is 3.25. The molecular weight excluding hydrogens is 260 g/mol. The van der Waals surface area contributed by atoms with E-state index in [4.69, 9.17) is 0 Å². The summed E-state index contributed by atoms with van der Waals surface area (Å²) in [5, 5.41) is 3.00. The molecule has 0 saturated carbocycles. The molecule has 0 aliphatic rings. The van der Waals surface area contributed by atoms with E-state index in [1.54, 1.807) is 24.5 Å². The van der Waals surface area contributed by atoms with Crippen LogP contribution in [0.25, 0.3) is 0 Å². The van der Waals surface area contributed by atoms with Gasteiger partial charge in [-0.05, 0) is 35.6 Å². The summed E-state index contributed by atoms with van der Waals surface area (Å²) >= 11 is 0. The Morgan fingerprint density at radius 1 is 1.05 bits per heavy atom. The summed E-state index contributed by atoms with van der Waals surface area (Å²) in [7, 11) is 0. The molecule has 0 saturated heterocycles. The lowest BCUT2D eigenvalue weighted by molar-refractivity contribution is 0.0940. The number of pyridine rings is 1. The van der Waals surface area contributed by atoms with Gasteiger partial charge in [0, 0.05) is 18.0 Å². The second-order valence-electron chi connectivity index (χ2n) is 6.30. The van der Waals surface area contributed by atoms with Crippen molar-refractivity contribution in [1.29, 1.82) is 0 Å². The maximum atomic E-state index is 12.1. The first kappa shape index (κ1) is 15.2. The van der Waals surface area contributed by atoms with E-state index < -0.39 is 0 Å². The van der Waals surface area contributed by atoms with E-state index in [-0.39, 0.29) is 17.4 Å². The van der Waals surface area contributed by atoms with E-state index in [0.717, 1.165) is 5.56 Å². The summed E-state index contributed by atoms with van der Waals surface area (Å²) in [5.41, 5.74) is 3.16. The van der Waals surface area contributed by atoms with Crippen LogP contribution in [0, 0.1) is 0 Å².